The molecule has 3 aliphatic heterocycles. The molecule has 160 valence electrons. The molecule has 0 unspecified atom stereocenters. The summed E-state index contributed by atoms with van der Waals surface area (Å²) in [6.45, 7) is 4.27. The van der Waals surface area contributed by atoms with Crippen molar-refractivity contribution in [3.8, 4) is 6.07 Å². The van der Waals surface area contributed by atoms with Gasteiger partial charge in [-0.25, -0.2) is 9.18 Å². The molecular formula is C21H26FN5O3. The Labute approximate surface area is 175 Å². The summed E-state index contributed by atoms with van der Waals surface area (Å²) in [5.74, 6) is -0.351. The molecule has 30 heavy (non-hydrogen) atoms. The van der Waals surface area contributed by atoms with Gasteiger partial charge in [-0.15, -0.1) is 0 Å². The highest BCUT2D eigenvalue weighted by Crippen LogP contribution is 2.45. The number of anilines is 1. The van der Waals surface area contributed by atoms with E-state index in [4.69, 9.17) is 4.74 Å². The summed E-state index contributed by atoms with van der Waals surface area (Å²) in [6, 6.07) is 7.09. The van der Waals surface area contributed by atoms with Crippen LogP contribution in [0.1, 0.15) is 25.3 Å². The lowest BCUT2D eigenvalue weighted by molar-refractivity contribution is -0.119. The van der Waals surface area contributed by atoms with E-state index in [0.717, 1.165) is 25.9 Å². The number of likely N-dealkylation sites (tertiary alicyclic amines) is 1. The number of nitrogens with zero attached hydrogens (tertiary/aromatic N) is 3. The number of amides is 2. The first-order chi connectivity index (χ1) is 14.5. The molecule has 3 aliphatic rings. The second-order valence-corrected chi connectivity index (χ2v) is 8.19. The lowest BCUT2D eigenvalue weighted by Crippen LogP contribution is -2.55. The largest absolute Gasteiger partial charge is 0.442 e. The lowest BCUT2D eigenvalue weighted by Gasteiger charge is -2.48. The Morgan fingerprint density at radius 1 is 1.50 bits per heavy atom. The summed E-state index contributed by atoms with van der Waals surface area (Å²) in [7, 11) is 0. The molecule has 0 spiro atoms. The SMILES string of the molecule is CC(=O)NC[C@H]1CN(c2ccc([C@@]34CNC[C@H]3CCCN4CC#N)c(F)c2)C(=O)O1. The van der Waals surface area contributed by atoms with E-state index in [1.54, 1.807) is 12.1 Å². The van der Waals surface area contributed by atoms with Gasteiger partial charge in [0.25, 0.3) is 0 Å². The number of benzene rings is 1. The van der Waals surface area contributed by atoms with Crippen molar-refractivity contribution in [2.75, 3.05) is 44.2 Å². The molecule has 0 bridgehead atoms. The highest BCUT2D eigenvalue weighted by Gasteiger charge is 2.51. The van der Waals surface area contributed by atoms with Crippen molar-refractivity contribution in [3.05, 3.63) is 29.6 Å². The predicted octanol–water partition coefficient (Wildman–Crippen LogP) is 1.32. The van der Waals surface area contributed by atoms with Crippen molar-refractivity contribution in [3.63, 3.8) is 0 Å². The van der Waals surface area contributed by atoms with Crippen molar-refractivity contribution >= 4 is 17.7 Å². The van der Waals surface area contributed by atoms with Gasteiger partial charge >= 0.3 is 6.09 Å². The van der Waals surface area contributed by atoms with E-state index in [9.17, 15) is 14.9 Å². The number of hydrogen-bond acceptors (Lipinski definition) is 6. The van der Waals surface area contributed by atoms with E-state index in [1.165, 1.54) is 17.9 Å². The maximum atomic E-state index is 15.4. The van der Waals surface area contributed by atoms with Crippen LogP contribution >= 0.6 is 0 Å². The number of ether oxygens (including phenoxy) is 1. The molecule has 2 amide bonds. The molecule has 1 aromatic carbocycles. The Kier molecular flexibility index (Phi) is 5.62. The van der Waals surface area contributed by atoms with E-state index >= 15 is 4.39 Å². The van der Waals surface area contributed by atoms with E-state index < -0.39 is 17.7 Å². The zero-order valence-corrected chi connectivity index (χ0v) is 17.0. The first kappa shape index (κ1) is 20.6. The fourth-order valence-corrected chi connectivity index (χ4v) is 5.10. The normalized spacial score (nSPS) is 28.7. The molecule has 2 N–H and O–H groups in total. The smallest absolute Gasteiger partial charge is 0.414 e. The van der Waals surface area contributed by atoms with Gasteiger partial charge in [-0.1, -0.05) is 6.07 Å². The van der Waals surface area contributed by atoms with Crippen LogP contribution in [-0.2, 0) is 15.1 Å². The number of nitrogens with one attached hydrogen (secondary N) is 2. The number of carbonyl (C=O) groups is 2. The molecule has 9 heteroatoms. The number of fused-ring (bicyclic) bond motifs is 1. The number of hydrogen-bond donors (Lipinski definition) is 2. The second kappa shape index (κ2) is 8.20. The van der Waals surface area contributed by atoms with Crippen LogP contribution in [-0.4, -0.2) is 62.3 Å². The average molecular weight is 415 g/mol. The first-order valence-electron chi connectivity index (χ1n) is 10.3. The van der Waals surface area contributed by atoms with Gasteiger partial charge < -0.3 is 15.4 Å². The fourth-order valence-electron chi connectivity index (χ4n) is 5.10. The third-order valence-electron chi connectivity index (χ3n) is 6.45. The molecule has 3 fully saturated rings. The quantitative estimate of drug-likeness (QED) is 0.704. The number of rotatable bonds is 5. The maximum absolute atomic E-state index is 15.4. The minimum absolute atomic E-state index is 0.201. The van der Waals surface area contributed by atoms with Gasteiger partial charge in [0, 0.05) is 32.1 Å². The van der Waals surface area contributed by atoms with Crippen molar-refractivity contribution in [1.29, 1.82) is 5.26 Å². The van der Waals surface area contributed by atoms with Crippen molar-refractivity contribution in [1.82, 2.24) is 15.5 Å². The number of carbonyl (C=O) groups excluding carboxylic acids is 2. The van der Waals surface area contributed by atoms with Crippen LogP contribution in [0.5, 0.6) is 0 Å². The third-order valence-corrected chi connectivity index (χ3v) is 6.45. The molecule has 1 aromatic rings. The Morgan fingerprint density at radius 3 is 3.07 bits per heavy atom. The summed E-state index contributed by atoms with van der Waals surface area (Å²) >= 11 is 0. The molecule has 0 aromatic heterocycles. The van der Waals surface area contributed by atoms with Crippen LogP contribution in [0.15, 0.2) is 18.2 Å². The minimum atomic E-state index is -0.556. The van der Waals surface area contributed by atoms with Gasteiger partial charge in [-0.05, 0) is 30.9 Å². The van der Waals surface area contributed by atoms with Gasteiger partial charge in [0.1, 0.15) is 11.9 Å². The molecule has 4 rings (SSSR count). The molecular weight excluding hydrogens is 389 g/mol. The standard InChI is InChI=1S/C21H26FN5O3/c1-14(28)25-11-17-12-27(20(29)30-17)16-4-5-18(19(22)9-16)21-13-24-10-15(21)3-2-7-26(21)8-6-23/h4-5,9,15,17,24H,2-3,7-8,10-13H2,1H3,(H,25,28)/t15-,17+,21-/m1/s1. The number of cyclic esters (lactones) is 1. The van der Waals surface area contributed by atoms with Crippen LogP contribution < -0.4 is 15.5 Å². The number of halogens is 1. The molecule has 3 saturated heterocycles. The Morgan fingerprint density at radius 2 is 2.33 bits per heavy atom. The van der Waals surface area contributed by atoms with Crippen molar-refractivity contribution in [2.24, 2.45) is 5.92 Å². The highest BCUT2D eigenvalue weighted by atomic mass is 19.1. The molecule has 8 nitrogen and oxygen atoms in total. The minimum Gasteiger partial charge on any atom is -0.442 e. The van der Waals surface area contributed by atoms with Crippen LogP contribution in [0.3, 0.4) is 0 Å². The zero-order chi connectivity index (χ0) is 21.3. The van der Waals surface area contributed by atoms with Crippen molar-refractivity contribution < 1.29 is 18.7 Å². The van der Waals surface area contributed by atoms with Crippen LogP contribution in [0, 0.1) is 23.1 Å². The Hall–Kier alpha value is -2.70. The van der Waals surface area contributed by atoms with Crippen LogP contribution in [0.25, 0.3) is 0 Å². The molecule has 0 aliphatic carbocycles. The van der Waals surface area contributed by atoms with Gasteiger partial charge in [0.2, 0.25) is 5.91 Å². The Balaban J connectivity index is 1.60. The summed E-state index contributed by atoms with van der Waals surface area (Å²) in [4.78, 5) is 26.8. The number of nitriles is 1. The fraction of sp³-hybridized carbons (Fsp3) is 0.571. The van der Waals surface area contributed by atoms with Crippen LogP contribution in [0.4, 0.5) is 14.9 Å². The summed E-state index contributed by atoms with van der Waals surface area (Å²) < 4.78 is 20.7. The predicted molar refractivity (Wildman–Crippen MR) is 107 cm³/mol. The van der Waals surface area contributed by atoms with E-state index in [2.05, 4.69) is 21.6 Å². The van der Waals surface area contributed by atoms with Gasteiger partial charge in [0.15, 0.2) is 0 Å². The zero-order valence-electron chi connectivity index (χ0n) is 17.0. The molecule has 0 saturated carbocycles. The van der Waals surface area contributed by atoms with Crippen molar-refractivity contribution in [2.45, 2.75) is 31.4 Å². The molecule has 0 radical (unpaired) electrons. The maximum Gasteiger partial charge on any atom is 0.414 e. The second-order valence-electron chi connectivity index (χ2n) is 8.19. The topological polar surface area (TPSA) is 97.7 Å². The van der Waals surface area contributed by atoms with E-state index in [1.807, 2.05) is 0 Å². The summed E-state index contributed by atoms with van der Waals surface area (Å²) in [5, 5.41) is 15.3. The van der Waals surface area contributed by atoms with Crippen LogP contribution in [0.2, 0.25) is 0 Å². The van der Waals surface area contributed by atoms with E-state index in [0.29, 0.717) is 17.8 Å². The summed E-state index contributed by atoms with van der Waals surface area (Å²) in [6.07, 6.45) is 0.944. The molecule has 3 heterocycles. The first-order valence-corrected chi connectivity index (χ1v) is 10.3. The number of piperidine rings is 1. The summed E-state index contributed by atoms with van der Waals surface area (Å²) in [5.41, 5.74) is 0.447. The van der Waals surface area contributed by atoms with Gasteiger partial charge in [-0.3, -0.25) is 14.6 Å². The monoisotopic (exact) mass is 415 g/mol. The van der Waals surface area contributed by atoms with Gasteiger partial charge in [-0.2, -0.15) is 5.26 Å². The lowest BCUT2D eigenvalue weighted by atomic mass is 9.74. The highest BCUT2D eigenvalue weighted by molar-refractivity contribution is 5.89. The average Bonchev–Trinajstić information content (AvgIpc) is 3.31. The molecule has 3 atom stereocenters. The third kappa shape index (κ3) is 3.50. The van der Waals surface area contributed by atoms with E-state index in [-0.39, 0.29) is 37.3 Å². The Bertz CT molecular complexity index is 888. The van der Waals surface area contributed by atoms with Gasteiger partial charge in [0.05, 0.1) is 36.9 Å².